The number of hydrogen-bond acceptors (Lipinski definition) is 3. The van der Waals surface area contributed by atoms with Gasteiger partial charge < -0.3 is 15.5 Å². The van der Waals surface area contributed by atoms with E-state index in [2.05, 4.69) is 15.5 Å². The van der Waals surface area contributed by atoms with Gasteiger partial charge in [0.1, 0.15) is 5.82 Å². The number of halogens is 1. The van der Waals surface area contributed by atoms with E-state index in [0.29, 0.717) is 30.3 Å². The molecular weight excluding hydrogens is 317 g/mol. The Morgan fingerprint density at radius 3 is 2.56 bits per heavy atom. The van der Waals surface area contributed by atoms with E-state index < -0.39 is 0 Å². The zero-order chi connectivity index (χ0) is 17.2. The van der Waals surface area contributed by atoms with E-state index in [0.717, 1.165) is 44.6 Å². The standard InChI is InChI=1S/C20H28FN3O/c21-16-1-5-19(6-2-16)24-8-7-14(13-24)12-22-20(25)11-15-9-17-3-4-18(10-15)23-17/h1-2,5-6,14-15,17-18,23H,3-4,7-13H2,(H,22,25). The summed E-state index contributed by atoms with van der Waals surface area (Å²) in [4.78, 5) is 14.6. The van der Waals surface area contributed by atoms with E-state index in [-0.39, 0.29) is 11.7 Å². The van der Waals surface area contributed by atoms with Crippen molar-refractivity contribution in [1.82, 2.24) is 10.6 Å². The second kappa shape index (κ2) is 7.32. The molecule has 2 N–H and O–H groups in total. The summed E-state index contributed by atoms with van der Waals surface area (Å²) in [6.07, 6.45) is 6.64. The molecule has 0 spiro atoms. The number of nitrogens with zero attached hydrogens (tertiary/aromatic N) is 1. The van der Waals surface area contributed by atoms with Gasteiger partial charge in [-0.05, 0) is 68.2 Å². The van der Waals surface area contributed by atoms with Gasteiger partial charge in [-0.15, -0.1) is 0 Å². The second-order valence-corrected chi connectivity index (χ2v) is 8.06. The summed E-state index contributed by atoms with van der Waals surface area (Å²) >= 11 is 0. The molecule has 4 rings (SSSR count). The van der Waals surface area contributed by atoms with Gasteiger partial charge in [-0.2, -0.15) is 0 Å². The fraction of sp³-hybridized carbons (Fsp3) is 0.650. The predicted octanol–water partition coefficient (Wildman–Crippen LogP) is 2.69. The minimum Gasteiger partial charge on any atom is -0.371 e. The van der Waals surface area contributed by atoms with Gasteiger partial charge in [0, 0.05) is 43.8 Å². The Labute approximate surface area is 149 Å². The molecule has 3 saturated heterocycles. The van der Waals surface area contributed by atoms with Crippen LogP contribution in [0.5, 0.6) is 0 Å². The SMILES string of the molecule is O=C(CC1CC2CCC(C1)N2)NCC1CCN(c2ccc(F)cc2)C1. The maximum absolute atomic E-state index is 13.0. The highest BCUT2D eigenvalue weighted by Crippen LogP contribution is 2.32. The molecule has 25 heavy (non-hydrogen) atoms. The van der Waals surface area contributed by atoms with Crippen LogP contribution in [0.25, 0.3) is 0 Å². The first-order valence-electron chi connectivity index (χ1n) is 9.69. The van der Waals surface area contributed by atoms with Gasteiger partial charge in [-0.1, -0.05) is 0 Å². The molecule has 3 atom stereocenters. The number of hydrogen-bond donors (Lipinski definition) is 2. The van der Waals surface area contributed by atoms with Gasteiger partial charge >= 0.3 is 0 Å². The Morgan fingerprint density at radius 2 is 1.84 bits per heavy atom. The highest BCUT2D eigenvalue weighted by molar-refractivity contribution is 5.76. The van der Waals surface area contributed by atoms with Crippen LogP contribution in [0.1, 0.15) is 38.5 Å². The Morgan fingerprint density at radius 1 is 1.12 bits per heavy atom. The number of piperidine rings is 1. The van der Waals surface area contributed by atoms with Gasteiger partial charge in [0.25, 0.3) is 0 Å². The Bertz CT molecular complexity index is 593. The van der Waals surface area contributed by atoms with Crippen molar-refractivity contribution in [3.8, 4) is 0 Å². The number of fused-ring (bicyclic) bond motifs is 2. The first-order chi connectivity index (χ1) is 12.2. The number of rotatable bonds is 5. The Balaban J connectivity index is 1.20. The largest absolute Gasteiger partial charge is 0.371 e. The van der Waals surface area contributed by atoms with Crippen molar-refractivity contribution in [3.05, 3.63) is 30.1 Å². The van der Waals surface area contributed by atoms with Crippen molar-refractivity contribution in [3.63, 3.8) is 0 Å². The van der Waals surface area contributed by atoms with Crippen LogP contribution >= 0.6 is 0 Å². The third-order valence-corrected chi connectivity index (χ3v) is 6.11. The molecule has 5 heteroatoms. The van der Waals surface area contributed by atoms with Gasteiger partial charge in [-0.3, -0.25) is 4.79 Å². The smallest absolute Gasteiger partial charge is 0.220 e. The molecule has 3 heterocycles. The molecule has 3 aliphatic heterocycles. The molecule has 0 aromatic heterocycles. The number of carbonyl (C=O) groups is 1. The van der Waals surface area contributed by atoms with Crippen LogP contribution in [0.3, 0.4) is 0 Å². The monoisotopic (exact) mass is 345 g/mol. The van der Waals surface area contributed by atoms with Gasteiger partial charge in [-0.25, -0.2) is 4.39 Å². The van der Waals surface area contributed by atoms with Crippen molar-refractivity contribution in [2.75, 3.05) is 24.5 Å². The minimum atomic E-state index is -0.196. The molecule has 3 unspecified atom stereocenters. The first-order valence-corrected chi connectivity index (χ1v) is 9.69. The number of anilines is 1. The van der Waals surface area contributed by atoms with Gasteiger partial charge in [0.05, 0.1) is 0 Å². The molecule has 0 aliphatic carbocycles. The molecular formula is C20H28FN3O. The highest BCUT2D eigenvalue weighted by atomic mass is 19.1. The van der Waals surface area contributed by atoms with Crippen LogP contribution in [0.4, 0.5) is 10.1 Å². The number of carbonyl (C=O) groups excluding carboxylic acids is 1. The lowest BCUT2D eigenvalue weighted by atomic mass is 9.89. The normalized spacial score (nSPS) is 31.3. The predicted molar refractivity (Wildman–Crippen MR) is 97.0 cm³/mol. The summed E-state index contributed by atoms with van der Waals surface area (Å²) in [5.74, 6) is 1.06. The van der Waals surface area contributed by atoms with E-state index in [1.54, 1.807) is 0 Å². The Hall–Kier alpha value is -1.62. The zero-order valence-electron chi connectivity index (χ0n) is 14.7. The van der Waals surface area contributed by atoms with Crippen molar-refractivity contribution in [2.24, 2.45) is 11.8 Å². The molecule has 0 saturated carbocycles. The lowest BCUT2D eigenvalue weighted by Gasteiger charge is -2.28. The van der Waals surface area contributed by atoms with Crippen molar-refractivity contribution in [2.45, 2.75) is 50.6 Å². The zero-order valence-corrected chi connectivity index (χ0v) is 14.7. The maximum atomic E-state index is 13.0. The summed E-state index contributed by atoms with van der Waals surface area (Å²) in [5.41, 5.74) is 1.07. The molecule has 3 fully saturated rings. The van der Waals surface area contributed by atoms with Crippen LogP contribution in [-0.2, 0) is 4.79 Å². The number of amides is 1. The average Bonchev–Trinajstić information content (AvgIpc) is 3.20. The van der Waals surface area contributed by atoms with Gasteiger partial charge in [0.15, 0.2) is 0 Å². The van der Waals surface area contributed by atoms with E-state index in [9.17, 15) is 9.18 Å². The summed E-state index contributed by atoms with van der Waals surface area (Å²) in [6.45, 7) is 2.67. The molecule has 136 valence electrons. The van der Waals surface area contributed by atoms with Gasteiger partial charge in [0.2, 0.25) is 5.91 Å². The van der Waals surface area contributed by atoms with Crippen molar-refractivity contribution < 1.29 is 9.18 Å². The summed E-state index contributed by atoms with van der Waals surface area (Å²) in [5, 5.41) is 6.79. The van der Waals surface area contributed by atoms with E-state index in [1.165, 1.54) is 25.0 Å². The lowest BCUT2D eigenvalue weighted by molar-refractivity contribution is -0.122. The number of nitrogens with one attached hydrogen (secondary N) is 2. The van der Waals surface area contributed by atoms with E-state index >= 15 is 0 Å². The fourth-order valence-corrected chi connectivity index (χ4v) is 4.82. The minimum absolute atomic E-state index is 0.196. The third-order valence-electron chi connectivity index (χ3n) is 6.11. The van der Waals surface area contributed by atoms with Crippen LogP contribution in [0, 0.1) is 17.7 Å². The summed E-state index contributed by atoms with van der Waals surface area (Å²) in [7, 11) is 0. The quantitative estimate of drug-likeness (QED) is 0.862. The third kappa shape index (κ3) is 4.14. The molecule has 2 bridgehead atoms. The molecule has 3 aliphatic rings. The molecule has 1 amide bonds. The van der Waals surface area contributed by atoms with E-state index in [4.69, 9.17) is 0 Å². The average molecular weight is 345 g/mol. The molecule has 1 aromatic carbocycles. The Kier molecular flexibility index (Phi) is 4.93. The van der Waals surface area contributed by atoms with Crippen LogP contribution in [-0.4, -0.2) is 37.6 Å². The second-order valence-electron chi connectivity index (χ2n) is 8.06. The van der Waals surface area contributed by atoms with Crippen LogP contribution < -0.4 is 15.5 Å². The lowest BCUT2D eigenvalue weighted by Crippen LogP contribution is -2.40. The molecule has 1 aromatic rings. The molecule has 4 nitrogen and oxygen atoms in total. The van der Waals surface area contributed by atoms with Crippen molar-refractivity contribution in [1.29, 1.82) is 0 Å². The fourth-order valence-electron chi connectivity index (χ4n) is 4.82. The van der Waals surface area contributed by atoms with E-state index in [1.807, 2.05) is 12.1 Å². The summed E-state index contributed by atoms with van der Waals surface area (Å²) in [6, 6.07) is 7.99. The maximum Gasteiger partial charge on any atom is 0.220 e. The van der Waals surface area contributed by atoms with Crippen LogP contribution in [0.2, 0.25) is 0 Å². The highest BCUT2D eigenvalue weighted by Gasteiger charge is 2.34. The first kappa shape index (κ1) is 16.8. The topological polar surface area (TPSA) is 44.4 Å². The van der Waals surface area contributed by atoms with Crippen molar-refractivity contribution >= 4 is 11.6 Å². The summed E-state index contributed by atoms with van der Waals surface area (Å²) < 4.78 is 13.0. The molecule has 0 radical (unpaired) electrons. The van der Waals surface area contributed by atoms with Crippen LogP contribution in [0.15, 0.2) is 24.3 Å². The number of benzene rings is 1.